The van der Waals surface area contributed by atoms with Crippen LogP contribution in [0.3, 0.4) is 0 Å². The molecule has 0 fully saturated rings. The smallest absolute Gasteiger partial charge is 0.219 e. The van der Waals surface area contributed by atoms with E-state index in [0.29, 0.717) is 0 Å². The van der Waals surface area contributed by atoms with Crippen LogP contribution in [0.15, 0.2) is 85.1 Å². The third kappa shape index (κ3) is 2.22. The summed E-state index contributed by atoms with van der Waals surface area (Å²) in [5.41, 5.74) is 2.11. The van der Waals surface area contributed by atoms with Gasteiger partial charge in [-0.25, -0.2) is 0 Å². The summed E-state index contributed by atoms with van der Waals surface area (Å²) in [5.74, 6) is 0. The Morgan fingerprint density at radius 3 is 2.13 bits per heavy atom. The van der Waals surface area contributed by atoms with Gasteiger partial charge in [0, 0.05) is 17.7 Å². The van der Waals surface area contributed by atoms with E-state index in [9.17, 15) is 5.11 Å². The summed E-state index contributed by atoms with van der Waals surface area (Å²) in [6.07, 6.45) is 2.07. The van der Waals surface area contributed by atoms with Gasteiger partial charge in [-0.15, -0.1) is 0 Å². The average Bonchev–Trinajstić information content (AvgIpc) is 2.86. The second kappa shape index (κ2) is 5.73. The second-order valence-corrected chi connectivity index (χ2v) is 7.22. The number of halogens is 1. The Bertz CT molecular complexity index is 821. The Labute approximate surface area is 149 Å². The molecule has 3 heteroatoms. The molecular formula is C20H17INO+. The van der Waals surface area contributed by atoms with Crippen LogP contribution in [0.25, 0.3) is 0 Å². The third-order valence-corrected chi connectivity index (χ3v) is 6.19. The zero-order valence-electron chi connectivity index (χ0n) is 12.5. The Balaban J connectivity index is 1.94. The van der Waals surface area contributed by atoms with Gasteiger partial charge in [-0.2, -0.15) is 4.57 Å². The van der Waals surface area contributed by atoms with Gasteiger partial charge in [-0.05, 0) is 11.6 Å². The van der Waals surface area contributed by atoms with Crippen molar-refractivity contribution in [1.29, 1.82) is 0 Å². The van der Waals surface area contributed by atoms with Crippen molar-refractivity contribution in [2.24, 2.45) is 0 Å². The van der Waals surface area contributed by atoms with E-state index in [4.69, 9.17) is 0 Å². The monoisotopic (exact) mass is 414 g/mol. The molecular weight excluding hydrogens is 397 g/mol. The molecule has 0 aliphatic carbocycles. The van der Waals surface area contributed by atoms with Crippen LogP contribution < -0.4 is 4.57 Å². The maximum Gasteiger partial charge on any atom is 0.219 e. The van der Waals surface area contributed by atoms with Crippen molar-refractivity contribution in [3.05, 3.63) is 102 Å². The molecule has 3 unspecified atom stereocenters. The third-order valence-electron chi connectivity index (χ3n) is 4.61. The summed E-state index contributed by atoms with van der Waals surface area (Å²) in [4.78, 5) is 0. The molecule has 2 heterocycles. The molecule has 4 rings (SSSR count). The molecule has 0 saturated heterocycles. The number of hydrogen-bond acceptors (Lipinski definition) is 1. The fraction of sp³-hybridized carbons (Fsp3) is 0.150. The van der Waals surface area contributed by atoms with Gasteiger partial charge >= 0.3 is 0 Å². The quantitative estimate of drug-likeness (QED) is 0.387. The predicted octanol–water partition coefficient (Wildman–Crippen LogP) is 3.62. The van der Waals surface area contributed by atoms with Crippen molar-refractivity contribution in [2.45, 2.75) is 15.6 Å². The first-order valence-corrected chi connectivity index (χ1v) is 8.95. The maximum absolute atomic E-state index is 11.7. The summed E-state index contributed by atoms with van der Waals surface area (Å²) >= 11 is 2.40. The zero-order chi connectivity index (χ0) is 15.9. The highest BCUT2D eigenvalue weighted by molar-refractivity contribution is 14.1. The molecule has 114 valence electrons. The Kier molecular flexibility index (Phi) is 3.70. The van der Waals surface area contributed by atoms with Crippen LogP contribution in [0.2, 0.25) is 0 Å². The Morgan fingerprint density at radius 2 is 1.43 bits per heavy atom. The first-order valence-electron chi connectivity index (χ1n) is 7.70. The summed E-state index contributed by atoms with van der Waals surface area (Å²) in [7, 11) is 0. The fourth-order valence-corrected chi connectivity index (χ4v) is 4.95. The van der Waals surface area contributed by atoms with E-state index in [0.717, 1.165) is 11.3 Å². The molecule has 23 heavy (non-hydrogen) atoms. The van der Waals surface area contributed by atoms with Gasteiger partial charge < -0.3 is 5.11 Å². The van der Waals surface area contributed by atoms with E-state index in [1.165, 1.54) is 5.56 Å². The lowest BCUT2D eigenvalue weighted by atomic mass is 9.86. The number of pyridine rings is 1. The van der Waals surface area contributed by atoms with E-state index < -0.39 is 5.60 Å². The SMILES string of the molecule is OC1(c2ccccc2)c2cccc[n+]2C(c2ccccc2)C1I. The molecule has 1 aliphatic heterocycles. The van der Waals surface area contributed by atoms with Crippen LogP contribution in [-0.2, 0) is 5.60 Å². The number of nitrogens with zero attached hydrogens (tertiary/aromatic N) is 1. The number of fused-ring (bicyclic) bond motifs is 1. The van der Waals surface area contributed by atoms with E-state index in [-0.39, 0.29) is 9.97 Å². The second-order valence-electron chi connectivity index (χ2n) is 5.88. The van der Waals surface area contributed by atoms with Crippen LogP contribution in [0.1, 0.15) is 22.9 Å². The summed E-state index contributed by atoms with van der Waals surface area (Å²) in [6, 6.07) is 26.6. The van der Waals surface area contributed by atoms with Gasteiger partial charge in [0.15, 0.2) is 17.8 Å². The van der Waals surface area contributed by atoms with E-state index in [2.05, 4.69) is 57.6 Å². The minimum absolute atomic E-state index is 0.00676. The highest BCUT2D eigenvalue weighted by atomic mass is 127. The number of rotatable bonds is 2. The molecule has 0 bridgehead atoms. The molecule has 3 aromatic rings. The molecule has 0 amide bonds. The van der Waals surface area contributed by atoms with Gasteiger partial charge in [0.05, 0.1) is 0 Å². The lowest BCUT2D eigenvalue weighted by Gasteiger charge is -2.24. The van der Waals surface area contributed by atoms with E-state index >= 15 is 0 Å². The van der Waals surface area contributed by atoms with Crippen molar-refractivity contribution in [3.63, 3.8) is 0 Å². The highest BCUT2D eigenvalue weighted by Gasteiger charge is 2.58. The standard InChI is InChI=1S/C20H17INO/c21-19-18(15-9-3-1-4-10-15)22-14-8-7-13-17(22)20(19,23)16-11-5-2-6-12-16/h1-14,18-19,23H/q+1. The van der Waals surface area contributed by atoms with Crippen molar-refractivity contribution >= 4 is 22.6 Å². The average molecular weight is 414 g/mol. The van der Waals surface area contributed by atoms with Crippen LogP contribution in [0.4, 0.5) is 0 Å². The molecule has 0 spiro atoms. The van der Waals surface area contributed by atoms with Crippen LogP contribution >= 0.6 is 22.6 Å². The summed E-state index contributed by atoms with van der Waals surface area (Å²) in [6.45, 7) is 0. The molecule has 1 aromatic heterocycles. The van der Waals surface area contributed by atoms with Gasteiger partial charge in [-0.1, -0.05) is 83.3 Å². The van der Waals surface area contributed by atoms with E-state index in [1.807, 2.05) is 54.6 Å². The van der Waals surface area contributed by atoms with Crippen molar-refractivity contribution < 1.29 is 9.67 Å². The molecule has 0 saturated carbocycles. The Hall–Kier alpha value is -1.72. The molecule has 2 nitrogen and oxygen atoms in total. The van der Waals surface area contributed by atoms with E-state index in [1.54, 1.807) is 0 Å². The van der Waals surface area contributed by atoms with Gasteiger partial charge in [-0.3, -0.25) is 0 Å². The normalized spacial score (nSPS) is 26.0. The van der Waals surface area contributed by atoms with Crippen molar-refractivity contribution in [2.75, 3.05) is 0 Å². The van der Waals surface area contributed by atoms with Crippen molar-refractivity contribution in [1.82, 2.24) is 0 Å². The summed E-state index contributed by atoms with van der Waals surface area (Å²) in [5, 5.41) is 11.7. The predicted molar refractivity (Wildman–Crippen MR) is 98.5 cm³/mol. The number of aliphatic hydroxyl groups is 1. The van der Waals surface area contributed by atoms with Gasteiger partial charge in [0.1, 0.15) is 3.92 Å². The minimum atomic E-state index is -0.996. The molecule has 2 aromatic carbocycles. The van der Waals surface area contributed by atoms with Gasteiger partial charge in [0.25, 0.3) is 0 Å². The van der Waals surface area contributed by atoms with Crippen molar-refractivity contribution in [3.8, 4) is 0 Å². The number of benzene rings is 2. The number of hydrogen-bond donors (Lipinski definition) is 1. The van der Waals surface area contributed by atoms with Crippen LogP contribution in [-0.4, -0.2) is 9.03 Å². The topological polar surface area (TPSA) is 24.1 Å². The van der Waals surface area contributed by atoms with Gasteiger partial charge in [0.2, 0.25) is 5.69 Å². The maximum atomic E-state index is 11.7. The molecule has 0 radical (unpaired) electrons. The first kappa shape index (κ1) is 14.8. The van der Waals surface area contributed by atoms with Crippen LogP contribution in [0.5, 0.6) is 0 Å². The van der Waals surface area contributed by atoms with Crippen LogP contribution in [0, 0.1) is 0 Å². The lowest BCUT2D eigenvalue weighted by Crippen LogP contribution is -2.40. The zero-order valence-corrected chi connectivity index (χ0v) is 14.7. The molecule has 1 aliphatic rings. The minimum Gasteiger partial charge on any atom is -0.373 e. The highest BCUT2D eigenvalue weighted by Crippen LogP contribution is 2.46. The Morgan fingerprint density at radius 1 is 0.826 bits per heavy atom. The number of aromatic nitrogens is 1. The molecule has 3 atom stereocenters. The molecule has 1 N–H and O–H groups in total. The largest absolute Gasteiger partial charge is 0.373 e. The number of alkyl halides is 1. The first-order chi connectivity index (χ1) is 11.2. The lowest BCUT2D eigenvalue weighted by molar-refractivity contribution is -0.707. The summed E-state index contributed by atoms with van der Waals surface area (Å²) < 4.78 is 2.21. The fourth-order valence-electron chi connectivity index (χ4n) is 3.51.